The highest BCUT2D eigenvalue weighted by Gasteiger charge is 2.43. The van der Waals surface area contributed by atoms with E-state index in [1.807, 2.05) is 13.0 Å². The SMILES string of the molecule is COCCCNC(=O)c1oc2ccc3c(c2c1C)C(=O)CC1(CCC(C)CC1)O3. The van der Waals surface area contributed by atoms with Gasteiger partial charge in [0.15, 0.2) is 11.5 Å². The fraction of sp³-hybridized carbons (Fsp3) is 0.565. The third kappa shape index (κ3) is 3.66. The predicted molar refractivity (Wildman–Crippen MR) is 110 cm³/mol. The molecule has 1 saturated carbocycles. The predicted octanol–water partition coefficient (Wildman–Crippen LogP) is 4.42. The fourth-order valence-electron chi connectivity index (χ4n) is 4.62. The molecule has 2 heterocycles. The van der Waals surface area contributed by atoms with Gasteiger partial charge in [0.25, 0.3) is 5.91 Å². The summed E-state index contributed by atoms with van der Waals surface area (Å²) in [5, 5.41) is 3.55. The van der Waals surface area contributed by atoms with E-state index in [0.29, 0.717) is 53.3 Å². The minimum Gasteiger partial charge on any atom is -0.486 e. The maximum absolute atomic E-state index is 13.2. The summed E-state index contributed by atoms with van der Waals surface area (Å²) in [6, 6.07) is 3.62. The second kappa shape index (κ2) is 7.82. The van der Waals surface area contributed by atoms with E-state index < -0.39 is 0 Å². The van der Waals surface area contributed by atoms with Crippen LogP contribution in [-0.2, 0) is 4.74 Å². The summed E-state index contributed by atoms with van der Waals surface area (Å²) in [4.78, 5) is 25.8. The monoisotopic (exact) mass is 399 g/mol. The first-order valence-corrected chi connectivity index (χ1v) is 10.5. The summed E-state index contributed by atoms with van der Waals surface area (Å²) >= 11 is 0. The summed E-state index contributed by atoms with van der Waals surface area (Å²) in [6.45, 7) is 5.17. The molecule has 1 amide bonds. The first-order valence-electron chi connectivity index (χ1n) is 10.5. The lowest BCUT2D eigenvalue weighted by Crippen LogP contribution is -2.44. The number of hydrogen-bond acceptors (Lipinski definition) is 5. The van der Waals surface area contributed by atoms with Gasteiger partial charge in [0.2, 0.25) is 0 Å². The van der Waals surface area contributed by atoms with Crippen LogP contribution in [0, 0.1) is 12.8 Å². The van der Waals surface area contributed by atoms with Gasteiger partial charge in [0.1, 0.15) is 16.9 Å². The van der Waals surface area contributed by atoms with E-state index in [4.69, 9.17) is 13.9 Å². The van der Waals surface area contributed by atoms with E-state index in [1.165, 1.54) is 0 Å². The van der Waals surface area contributed by atoms with Crippen LogP contribution >= 0.6 is 0 Å². The molecular weight excluding hydrogens is 370 g/mol. The Balaban J connectivity index is 1.64. The molecule has 1 spiro atoms. The Hall–Kier alpha value is -2.34. The Labute approximate surface area is 170 Å². The first kappa shape index (κ1) is 20.0. The summed E-state index contributed by atoms with van der Waals surface area (Å²) in [5.41, 5.74) is 1.43. The van der Waals surface area contributed by atoms with Gasteiger partial charge in [-0.05, 0) is 57.1 Å². The van der Waals surface area contributed by atoms with Crippen LogP contribution in [0.2, 0.25) is 0 Å². The maximum atomic E-state index is 13.2. The average Bonchev–Trinajstić information content (AvgIpc) is 3.04. The van der Waals surface area contributed by atoms with Crippen molar-refractivity contribution in [3.05, 3.63) is 29.0 Å². The zero-order chi connectivity index (χ0) is 20.6. The number of benzene rings is 1. The molecule has 1 aliphatic heterocycles. The topological polar surface area (TPSA) is 77.8 Å². The molecule has 0 unspecified atom stereocenters. The second-order valence-corrected chi connectivity index (χ2v) is 8.54. The van der Waals surface area contributed by atoms with E-state index in [2.05, 4.69) is 12.2 Å². The Morgan fingerprint density at radius 2 is 2.07 bits per heavy atom. The Kier molecular flexibility index (Phi) is 5.38. The van der Waals surface area contributed by atoms with Gasteiger partial charge in [0, 0.05) is 31.2 Å². The zero-order valence-electron chi connectivity index (χ0n) is 17.4. The molecule has 0 radical (unpaired) electrons. The minimum atomic E-state index is -0.372. The highest BCUT2D eigenvalue weighted by atomic mass is 16.5. The molecule has 1 aliphatic carbocycles. The van der Waals surface area contributed by atoms with Gasteiger partial charge >= 0.3 is 0 Å². The molecule has 4 rings (SSSR count). The third-order valence-electron chi connectivity index (χ3n) is 6.35. The zero-order valence-corrected chi connectivity index (χ0v) is 17.4. The number of aryl methyl sites for hydroxylation is 1. The van der Waals surface area contributed by atoms with Crippen molar-refractivity contribution in [2.24, 2.45) is 5.92 Å². The lowest BCUT2D eigenvalue weighted by atomic mass is 9.74. The van der Waals surface area contributed by atoms with Crippen LogP contribution in [0.3, 0.4) is 0 Å². The molecule has 29 heavy (non-hydrogen) atoms. The quantitative estimate of drug-likeness (QED) is 0.753. The van der Waals surface area contributed by atoms with Crippen molar-refractivity contribution < 1.29 is 23.5 Å². The number of ketones is 1. The molecule has 1 fully saturated rings. The molecule has 156 valence electrons. The van der Waals surface area contributed by atoms with E-state index >= 15 is 0 Å². The van der Waals surface area contributed by atoms with Crippen molar-refractivity contribution in [3.63, 3.8) is 0 Å². The number of Topliss-reactive ketones (excluding diaryl/α,β-unsaturated/α-hetero) is 1. The summed E-state index contributed by atoms with van der Waals surface area (Å²) in [7, 11) is 1.63. The summed E-state index contributed by atoms with van der Waals surface area (Å²) in [6.07, 6.45) is 5.12. The van der Waals surface area contributed by atoms with Crippen molar-refractivity contribution >= 4 is 22.7 Å². The molecule has 2 aromatic rings. The Morgan fingerprint density at radius 1 is 1.31 bits per heavy atom. The third-order valence-corrected chi connectivity index (χ3v) is 6.35. The Bertz CT molecular complexity index is 936. The van der Waals surface area contributed by atoms with E-state index in [1.54, 1.807) is 13.2 Å². The van der Waals surface area contributed by atoms with Gasteiger partial charge in [-0.25, -0.2) is 0 Å². The fourth-order valence-corrected chi connectivity index (χ4v) is 4.62. The van der Waals surface area contributed by atoms with Crippen LogP contribution in [0.25, 0.3) is 11.0 Å². The second-order valence-electron chi connectivity index (χ2n) is 8.54. The molecule has 6 heteroatoms. The first-order chi connectivity index (χ1) is 13.9. The average molecular weight is 399 g/mol. The maximum Gasteiger partial charge on any atom is 0.287 e. The summed E-state index contributed by atoms with van der Waals surface area (Å²) < 4.78 is 17.3. The lowest BCUT2D eigenvalue weighted by molar-refractivity contribution is 0.00430. The van der Waals surface area contributed by atoms with Gasteiger partial charge in [-0.1, -0.05) is 6.92 Å². The van der Waals surface area contributed by atoms with Crippen LogP contribution in [-0.4, -0.2) is 37.6 Å². The van der Waals surface area contributed by atoms with Crippen LogP contribution in [0.15, 0.2) is 16.5 Å². The molecule has 0 saturated heterocycles. The number of carbonyl (C=O) groups excluding carboxylic acids is 2. The highest BCUT2D eigenvalue weighted by Crippen LogP contribution is 2.46. The molecular formula is C23H29NO5. The molecule has 0 bridgehead atoms. The van der Waals surface area contributed by atoms with Crippen molar-refractivity contribution in [3.8, 4) is 5.75 Å². The van der Waals surface area contributed by atoms with Gasteiger partial charge < -0.3 is 19.2 Å². The molecule has 6 nitrogen and oxygen atoms in total. The van der Waals surface area contributed by atoms with Gasteiger partial charge in [-0.15, -0.1) is 0 Å². The standard InChI is InChI=1S/C23H29NO5/c1-14-7-9-23(10-8-14)13-16(25)20-18(29-23)6-5-17-19(20)15(2)21(28-17)22(26)24-11-4-12-27-3/h5-6,14H,4,7-13H2,1-3H3,(H,24,26). The molecule has 1 N–H and O–H groups in total. The van der Waals surface area contributed by atoms with Gasteiger partial charge in [-0.2, -0.15) is 0 Å². The van der Waals surface area contributed by atoms with E-state index in [-0.39, 0.29) is 23.1 Å². The molecule has 0 atom stereocenters. The van der Waals surface area contributed by atoms with Crippen LogP contribution in [0.4, 0.5) is 0 Å². The van der Waals surface area contributed by atoms with Crippen LogP contribution in [0.5, 0.6) is 5.75 Å². The van der Waals surface area contributed by atoms with Crippen molar-refractivity contribution in [2.75, 3.05) is 20.3 Å². The van der Waals surface area contributed by atoms with Gasteiger partial charge in [0.05, 0.1) is 12.0 Å². The molecule has 2 aliphatic rings. The molecule has 1 aromatic heterocycles. The normalized spacial score (nSPS) is 23.8. The number of nitrogens with one attached hydrogen (secondary N) is 1. The smallest absolute Gasteiger partial charge is 0.287 e. The largest absolute Gasteiger partial charge is 0.486 e. The van der Waals surface area contributed by atoms with Crippen molar-refractivity contribution in [2.45, 2.75) is 58.0 Å². The summed E-state index contributed by atoms with van der Waals surface area (Å²) in [5.74, 6) is 1.38. The number of fused-ring (bicyclic) bond motifs is 3. The van der Waals surface area contributed by atoms with Crippen molar-refractivity contribution in [1.29, 1.82) is 0 Å². The number of hydrogen-bond donors (Lipinski definition) is 1. The van der Waals surface area contributed by atoms with E-state index in [0.717, 1.165) is 32.1 Å². The number of methoxy groups -OCH3 is 1. The Morgan fingerprint density at radius 3 is 2.79 bits per heavy atom. The highest BCUT2D eigenvalue weighted by molar-refractivity contribution is 6.13. The molecule has 1 aromatic carbocycles. The number of carbonyl (C=O) groups is 2. The van der Waals surface area contributed by atoms with Crippen LogP contribution < -0.4 is 10.1 Å². The van der Waals surface area contributed by atoms with E-state index in [9.17, 15) is 9.59 Å². The number of amides is 1. The number of rotatable bonds is 5. The number of furan rings is 1. The van der Waals surface area contributed by atoms with Gasteiger partial charge in [-0.3, -0.25) is 9.59 Å². The minimum absolute atomic E-state index is 0.0855. The van der Waals surface area contributed by atoms with Crippen LogP contribution in [0.1, 0.15) is 71.9 Å². The van der Waals surface area contributed by atoms with Crippen molar-refractivity contribution in [1.82, 2.24) is 5.32 Å². The number of ether oxygens (including phenoxy) is 2. The lowest BCUT2D eigenvalue weighted by Gasteiger charge is -2.42.